The molecule has 0 bridgehead atoms. The van der Waals surface area contributed by atoms with Gasteiger partial charge in [0, 0.05) is 12.1 Å². The standard InChI is InChI=1S/C16H21N7O2/c1-25-10-6-7-12-11(8-10)19-16(18-9-4-2-3-5-9)20-15-13(14(17)24)21-22-23(12)15/h6-9,16,18-20H,2-5H2,1H3,(H2,17,24). The van der Waals surface area contributed by atoms with Crippen molar-refractivity contribution in [3.05, 3.63) is 23.9 Å². The van der Waals surface area contributed by atoms with Gasteiger partial charge in [-0.05, 0) is 25.0 Å². The summed E-state index contributed by atoms with van der Waals surface area (Å²) in [6.07, 6.45) is 4.42. The van der Waals surface area contributed by atoms with E-state index in [1.807, 2.05) is 18.2 Å². The Bertz CT molecular complexity index is 798. The van der Waals surface area contributed by atoms with Crippen LogP contribution in [0, 0.1) is 0 Å². The summed E-state index contributed by atoms with van der Waals surface area (Å²) in [5.41, 5.74) is 7.15. The number of rotatable bonds is 4. The van der Waals surface area contributed by atoms with E-state index < -0.39 is 5.91 Å². The summed E-state index contributed by atoms with van der Waals surface area (Å²) in [7, 11) is 1.62. The van der Waals surface area contributed by atoms with E-state index in [4.69, 9.17) is 10.5 Å². The number of carbonyl (C=O) groups excluding carboxylic acids is 1. The number of hydrogen-bond acceptors (Lipinski definition) is 7. The van der Waals surface area contributed by atoms with E-state index in [9.17, 15) is 4.79 Å². The topological polar surface area (TPSA) is 119 Å². The quantitative estimate of drug-likeness (QED) is 0.654. The number of nitrogens with two attached hydrogens (primary N) is 1. The third kappa shape index (κ3) is 2.86. The highest BCUT2D eigenvalue weighted by atomic mass is 16.5. The molecule has 2 aromatic rings. The maximum atomic E-state index is 11.7. The zero-order valence-corrected chi connectivity index (χ0v) is 14.0. The van der Waals surface area contributed by atoms with Crippen LogP contribution in [0.1, 0.15) is 36.2 Å². The molecule has 5 N–H and O–H groups in total. The highest BCUT2D eigenvalue weighted by molar-refractivity contribution is 5.96. The first-order chi connectivity index (χ1) is 12.2. The minimum Gasteiger partial charge on any atom is -0.497 e. The average molecular weight is 343 g/mol. The number of aromatic nitrogens is 3. The lowest BCUT2D eigenvalue weighted by Gasteiger charge is -2.24. The smallest absolute Gasteiger partial charge is 0.273 e. The van der Waals surface area contributed by atoms with Crippen molar-refractivity contribution in [1.29, 1.82) is 0 Å². The van der Waals surface area contributed by atoms with Gasteiger partial charge in [0.25, 0.3) is 5.91 Å². The van der Waals surface area contributed by atoms with Gasteiger partial charge in [0.05, 0.1) is 18.5 Å². The summed E-state index contributed by atoms with van der Waals surface area (Å²) in [6, 6.07) is 6.00. The third-order valence-electron chi connectivity index (χ3n) is 4.67. The number of benzene rings is 1. The Morgan fingerprint density at radius 2 is 2.16 bits per heavy atom. The number of carbonyl (C=O) groups is 1. The third-order valence-corrected chi connectivity index (χ3v) is 4.67. The number of fused-ring (bicyclic) bond motifs is 3. The first-order valence-corrected chi connectivity index (χ1v) is 8.39. The van der Waals surface area contributed by atoms with Crippen LogP contribution in [0.5, 0.6) is 5.75 Å². The van der Waals surface area contributed by atoms with Gasteiger partial charge in [-0.15, -0.1) is 5.10 Å². The van der Waals surface area contributed by atoms with Gasteiger partial charge in [0.15, 0.2) is 17.8 Å². The molecule has 2 heterocycles. The summed E-state index contributed by atoms with van der Waals surface area (Å²) in [5.74, 6) is 0.578. The number of primary amides is 1. The normalized spacial score (nSPS) is 19.3. The lowest BCUT2D eigenvalue weighted by molar-refractivity contribution is 0.0996. The van der Waals surface area contributed by atoms with Crippen molar-refractivity contribution in [1.82, 2.24) is 20.3 Å². The van der Waals surface area contributed by atoms with Crippen LogP contribution in [0.4, 0.5) is 11.5 Å². The molecule has 2 aliphatic rings. The Labute approximate surface area is 144 Å². The molecule has 1 aromatic carbocycles. The highest BCUT2D eigenvalue weighted by Gasteiger charge is 2.28. The van der Waals surface area contributed by atoms with Gasteiger partial charge in [-0.3, -0.25) is 10.1 Å². The monoisotopic (exact) mass is 343 g/mol. The minimum absolute atomic E-state index is 0.115. The molecule has 1 fully saturated rings. The van der Waals surface area contributed by atoms with E-state index in [1.54, 1.807) is 11.8 Å². The number of ether oxygens (including phenoxy) is 1. The first-order valence-electron chi connectivity index (χ1n) is 8.39. The van der Waals surface area contributed by atoms with Crippen LogP contribution in [0.15, 0.2) is 18.2 Å². The Morgan fingerprint density at radius 1 is 1.36 bits per heavy atom. The number of nitrogens with zero attached hydrogens (tertiary/aromatic N) is 3. The summed E-state index contributed by atoms with van der Waals surface area (Å²) >= 11 is 0. The average Bonchev–Trinajstić information content (AvgIpc) is 3.22. The van der Waals surface area contributed by atoms with E-state index in [-0.39, 0.29) is 12.0 Å². The number of nitrogens with one attached hydrogen (secondary N) is 3. The van der Waals surface area contributed by atoms with Gasteiger partial charge in [-0.25, -0.2) is 0 Å². The van der Waals surface area contributed by atoms with Crippen molar-refractivity contribution in [2.75, 3.05) is 17.7 Å². The second-order valence-corrected chi connectivity index (χ2v) is 6.32. The fourth-order valence-corrected chi connectivity index (χ4v) is 3.43. The van der Waals surface area contributed by atoms with Crippen molar-refractivity contribution < 1.29 is 9.53 Å². The van der Waals surface area contributed by atoms with Gasteiger partial charge in [-0.2, -0.15) is 4.68 Å². The number of methoxy groups -OCH3 is 1. The zero-order valence-electron chi connectivity index (χ0n) is 14.0. The SMILES string of the molecule is COc1ccc2c(c1)NC(NC1CCCC1)Nc1c(C(N)=O)nnn1-2. The van der Waals surface area contributed by atoms with Gasteiger partial charge in [0.2, 0.25) is 0 Å². The molecule has 4 rings (SSSR count). The highest BCUT2D eigenvalue weighted by Crippen LogP contribution is 2.32. The summed E-state index contributed by atoms with van der Waals surface area (Å²) < 4.78 is 6.90. The molecule has 0 saturated heterocycles. The number of anilines is 2. The van der Waals surface area contributed by atoms with Crippen LogP contribution < -0.4 is 26.4 Å². The van der Waals surface area contributed by atoms with Gasteiger partial charge in [0.1, 0.15) is 5.75 Å². The molecule has 0 radical (unpaired) electrons. The molecule has 9 heteroatoms. The molecular weight excluding hydrogens is 322 g/mol. The lowest BCUT2D eigenvalue weighted by Crippen LogP contribution is -2.47. The minimum atomic E-state index is -0.620. The van der Waals surface area contributed by atoms with Crippen LogP contribution in [-0.2, 0) is 0 Å². The molecule has 1 saturated carbocycles. The van der Waals surface area contributed by atoms with Crippen molar-refractivity contribution in [2.24, 2.45) is 5.73 Å². The molecule has 1 aliphatic carbocycles. The second kappa shape index (κ2) is 6.25. The second-order valence-electron chi connectivity index (χ2n) is 6.32. The predicted molar refractivity (Wildman–Crippen MR) is 92.9 cm³/mol. The molecule has 1 atom stereocenters. The van der Waals surface area contributed by atoms with Crippen LogP contribution in [0.2, 0.25) is 0 Å². The van der Waals surface area contributed by atoms with Crippen molar-refractivity contribution in [3.8, 4) is 11.4 Å². The van der Waals surface area contributed by atoms with Crippen molar-refractivity contribution in [2.45, 2.75) is 38.0 Å². The Morgan fingerprint density at radius 3 is 2.88 bits per heavy atom. The Hall–Kier alpha value is -2.81. The van der Waals surface area contributed by atoms with Gasteiger partial charge < -0.3 is 21.1 Å². The fraction of sp³-hybridized carbons (Fsp3) is 0.438. The van der Waals surface area contributed by atoms with Crippen LogP contribution in [0.25, 0.3) is 5.69 Å². The molecule has 1 aliphatic heterocycles. The predicted octanol–water partition coefficient (Wildman–Crippen LogP) is 1.03. The molecular formula is C16H21N7O2. The van der Waals surface area contributed by atoms with Crippen LogP contribution in [-0.4, -0.2) is 40.3 Å². The molecule has 1 aromatic heterocycles. The molecule has 1 amide bonds. The van der Waals surface area contributed by atoms with E-state index in [1.165, 1.54) is 12.8 Å². The molecule has 1 unspecified atom stereocenters. The molecule has 132 valence electrons. The van der Waals surface area contributed by atoms with E-state index in [2.05, 4.69) is 26.3 Å². The maximum Gasteiger partial charge on any atom is 0.273 e. The zero-order chi connectivity index (χ0) is 17.4. The van der Waals surface area contributed by atoms with E-state index >= 15 is 0 Å². The van der Waals surface area contributed by atoms with Crippen molar-refractivity contribution >= 4 is 17.4 Å². The summed E-state index contributed by atoms with van der Waals surface area (Å²) in [5, 5.41) is 18.3. The number of hydrogen-bond donors (Lipinski definition) is 4. The van der Waals surface area contributed by atoms with Crippen LogP contribution in [0.3, 0.4) is 0 Å². The Balaban J connectivity index is 1.76. The van der Waals surface area contributed by atoms with Crippen molar-refractivity contribution in [3.63, 3.8) is 0 Å². The summed E-state index contributed by atoms with van der Waals surface area (Å²) in [4.78, 5) is 11.7. The van der Waals surface area contributed by atoms with Gasteiger partial charge in [-0.1, -0.05) is 18.1 Å². The van der Waals surface area contributed by atoms with E-state index in [0.717, 1.165) is 30.0 Å². The maximum absolute atomic E-state index is 11.7. The first kappa shape index (κ1) is 15.7. The molecule has 9 nitrogen and oxygen atoms in total. The number of amides is 1. The fourth-order valence-electron chi connectivity index (χ4n) is 3.43. The molecule has 0 spiro atoms. The largest absolute Gasteiger partial charge is 0.497 e. The Kier molecular flexibility index (Phi) is 3.92. The van der Waals surface area contributed by atoms with Gasteiger partial charge >= 0.3 is 0 Å². The summed E-state index contributed by atoms with van der Waals surface area (Å²) in [6.45, 7) is 0. The molecule has 25 heavy (non-hydrogen) atoms. The van der Waals surface area contributed by atoms with Crippen LogP contribution >= 0.6 is 0 Å². The van der Waals surface area contributed by atoms with E-state index in [0.29, 0.717) is 11.9 Å². The lowest BCUT2D eigenvalue weighted by atomic mass is 10.2.